The molecule has 8 aliphatic rings. The SMILES string of the molecule is [2H]C1(C2([2H])C3CC4CC(C3)CC2C4)C2CC3CC(C2)CC1C3. The molecule has 8 rings (SSSR count). The summed E-state index contributed by atoms with van der Waals surface area (Å²) in [6.45, 7) is 0. The first kappa shape index (κ1) is 9.90. The van der Waals surface area contributed by atoms with E-state index in [1.54, 1.807) is 0 Å². The summed E-state index contributed by atoms with van der Waals surface area (Å²) in [5.74, 6) is 5.31. The summed E-state index contributed by atoms with van der Waals surface area (Å²) < 4.78 is 19.5. The molecule has 0 aromatic rings. The fourth-order valence-corrected chi connectivity index (χ4v) is 8.33. The second-order valence-corrected chi connectivity index (χ2v) is 9.52. The number of fused-ring (bicyclic) bond motifs is 1. The van der Waals surface area contributed by atoms with Crippen LogP contribution in [-0.4, -0.2) is 0 Å². The largest absolute Gasteiger partial charge is 0.0475 e. The third-order valence-corrected chi connectivity index (χ3v) is 8.37. The van der Waals surface area contributed by atoms with Crippen LogP contribution in [0.4, 0.5) is 0 Å². The number of hydrogen-bond donors (Lipinski definition) is 0. The van der Waals surface area contributed by atoms with Crippen molar-refractivity contribution in [3.05, 3.63) is 0 Å². The van der Waals surface area contributed by atoms with E-state index in [1.165, 1.54) is 64.2 Å². The van der Waals surface area contributed by atoms with Gasteiger partial charge in [0.25, 0.3) is 0 Å². The lowest BCUT2D eigenvalue weighted by Crippen LogP contribution is -2.55. The maximum Gasteiger partial charge on any atom is 0.0311 e. The molecule has 0 N–H and O–H groups in total. The fourth-order valence-electron chi connectivity index (χ4n) is 8.33. The Morgan fingerprint density at radius 2 is 0.650 bits per heavy atom. The van der Waals surface area contributed by atoms with Gasteiger partial charge in [0, 0.05) is 2.74 Å². The van der Waals surface area contributed by atoms with Gasteiger partial charge in [0.2, 0.25) is 0 Å². The molecule has 0 unspecified atom stereocenters. The Morgan fingerprint density at radius 3 is 0.900 bits per heavy atom. The molecule has 8 bridgehead atoms. The summed E-state index contributed by atoms with van der Waals surface area (Å²) in [5.41, 5.74) is 0. The molecule has 0 radical (unpaired) electrons. The third-order valence-electron chi connectivity index (χ3n) is 8.37. The zero-order valence-electron chi connectivity index (χ0n) is 14.7. The smallest absolute Gasteiger partial charge is 0.0311 e. The molecule has 0 nitrogen and oxygen atoms in total. The Bertz CT molecular complexity index is 408. The lowest BCUT2D eigenvalue weighted by molar-refractivity contribution is -0.137. The first-order chi connectivity index (χ1) is 10.6. The summed E-state index contributed by atoms with van der Waals surface area (Å²) in [6.07, 6.45) is 13.4. The van der Waals surface area contributed by atoms with Crippen molar-refractivity contribution < 1.29 is 2.74 Å². The van der Waals surface area contributed by atoms with Crippen molar-refractivity contribution in [2.75, 3.05) is 0 Å². The highest BCUT2D eigenvalue weighted by Crippen LogP contribution is 2.66. The van der Waals surface area contributed by atoms with Gasteiger partial charge < -0.3 is 0 Å². The van der Waals surface area contributed by atoms with Crippen molar-refractivity contribution >= 4 is 0 Å². The summed E-state index contributed by atoms with van der Waals surface area (Å²) in [7, 11) is 0. The Balaban J connectivity index is 1.45. The Hall–Kier alpha value is 0. The van der Waals surface area contributed by atoms with Crippen molar-refractivity contribution in [2.24, 2.45) is 59.1 Å². The highest BCUT2D eigenvalue weighted by atomic mass is 14.6. The van der Waals surface area contributed by atoms with Crippen molar-refractivity contribution in [1.82, 2.24) is 0 Å². The standard InChI is InChI=1S/C20H30/c1-11-3-15-5-12(1)6-16(4-11)19(15)20-17-7-13-2-14(9-17)10-18(20)8-13/h11-20H,1-10H2/i19D,20D. The van der Waals surface area contributed by atoms with Crippen molar-refractivity contribution in [3.8, 4) is 0 Å². The van der Waals surface area contributed by atoms with Crippen LogP contribution in [-0.2, 0) is 0 Å². The highest BCUT2D eigenvalue weighted by molar-refractivity contribution is 5.06. The molecule has 8 saturated carbocycles. The normalized spacial score (nSPS) is 74.8. The quantitative estimate of drug-likeness (QED) is 0.620. The summed E-state index contributed by atoms with van der Waals surface area (Å²) >= 11 is 0. The molecule has 8 aliphatic carbocycles. The zero-order chi connectivity index (χ0) is 14.7. The monoisotopic (exact) mass is 272 g/mol. The minimum Gasteiger partial charge on any atom is -0.0475 e. The molecule has 0 atom stereocenters. The molecule has 20 heavy (non-hydrogen) atoms. The van der Waals surface area contributed by atoms with Gasteiger partial charge in [-0.1, -0.05) is 0 Å². The van der Waals surface area contributed by atoms with E-state index in [1.807, 2.05) is 0 Å². The van der Waals surface area contributed by atoms with Crippen LogP contribution in [0.3, 0.4) is 0 Å². The summed E-state index contributed by atoms with van der Waals surface area (Å²) in [4.78, 5) is 0. The van der Waals surface area contributed by atoms with Gasteiger partial charge in [-0.15, -0.1) is 0 Å². The van der Waals surface area contributed by atoms with Gasteiger partial charge in [-0.2, -0.15) is 0 Å². The molecule has 110 valence electrons. The zero-order valence-corrected chi connectivity index (χ0v) is 12.7. The number of rotatable bonds is 1. The van der Waals surface area contributed by atoms with E-state index in [-0.39, 0.29) is 11.8 Å². The highest BCUT2D eigenvalue weighted by Gasteiger charge is 2.57. The lowest BCUT2D eigenvalue weighted by atomic mass is 9.42. The molecule has 0 aromatic heterocycles. The van der Waals surface area contributed by atoms with Gasteiger partial charge >= 0.3 is 0 Å². The first-order valence-corrected chi connectivity index (χ1v) is 9.57. The van der Waals surface area contributed by atoms with E-state index < -0.39 is 0 Å². The molecule has 8 fully saturated rings. The van der Waals surface area contributed by atoms with Gasteiger partial charge in [-0.25, -0.2) is 0 Å². The van der Waals surface area contributed by atoms with Gasteiger partial charge in [0.05, 0.1) is 0 Å². The molecule has 0 heterocycles. The predicted octanol–water partition coefficient (Wildman–Crippen LogP) is 5.13. The van der Waals surface area contributed by atoms with E-state index >= 15 is 0 Å². The van der Waals surface area contributed by atoms with Crippen LogP contribution in [0.25, 0.3) is 0 Å². The average molecular weight is 272 g/mol. The van der Waals surface area contributed by atoms with E-state index in [2.05, 4.69) is 0 Å². The minimum absolute atomic E-state index is 0.372. The predicted molar refractivity (Wildman–Crippen MR) is 81.1 cm³/mol. The van der Waals surface area contributed by atoms with E-state index in [9.17, 15) is 2.74 Å². The van der Waals surface area contributed by atoms with Crippen LogP contribution in [0, 0.1) is 59.1 Å². The Labute approximate surface area is 126 Å². The van der Waals surface area contributed by atoms with Crippen LogP contribution < -0.4 is 0 Å². The molecule has 0 aromatic carbocycles. The van der Waals surface area contributed by atoms with Gasteiger partial charge in [0.15, 0.2) is 0 Å². The second kappa shape index (κ2) is 3.85. The molecular weight excluding hydrogens is 240 g/mol. The molecule has 0 spiro atoms. The van der Waals surface area contributed by atoms with E-state index in [0.29, 0.717) is 23.7 Å². The number of hydrogen-bond acceptors (Lipinski definition) is 0. The van der Waals surface area contributed by atoms with Crippen LogP contribution in [0.1, 0.15) is 66.9 Å². The second-order valence-electron chi connectivity index (χ2n) is 9.52. The summed E-state index contributed by atoms with van der Waals surface area (Å²) in [5, 5.41) is 0. The molecule has 0 amide bonds. The van der Waals surface area contributed by atoms with E-state index in [0.717, 1.165) is 23.7 Å². The molecular formula is C20H30. The maximum atomic E-state index is 9.73. The third kappa shape index (κ3) is 1.45. The topological polar surface area (TPSA) is 0 Å². The molecule has 0 aliphatic heterocycles. The van der Waals surface area contributed by atoms with E-state index in [4.69, 9.17) is 0 Å². The van der Waals surface area contributed by atoms with Crippen LogP contribution >= 0.6 is 0 Å². The van der Waals surface area contributed by atoms with Crippen LogP contribution in [0.15, 0.2) is 0 Å². The fraction of sp³-hybridized carbons (Fsp3) is 1.00. The van der Waals surface area contributed by atoms with Gasteiger partial charge in [0.1, 0.15) is 0 Å². The minimum atomic E-state index is -0.372. The first-order valence-electron chi connectivity index (χ1n) is 10.6. The summed E-state index contributed by atoms with van der Waals surface area (Å²) in [6, 6.07) is 0. The maximum absolute atomic E-state index is 9.73. The average Bonchev–Trinajstić information content (AvgIpc) is 2.48. The molecule has 0 heteroatoms. The van der Waals surface area contributed by atoms with Crippen molar-refractivity contribution in [3.63, 3.8) is 0 Å². The van der Waals surface area contributed by atoms with Gasteiger partial charge in [-0.3, -0.25) is 0 Å². The Kier molecular flexibility index (Phi) is 1.91. The Morgan fingerprint density at radius 1 is 0.400 bits per heavy atom. The molecule has 0 saturated heterocycles. The van der Waals surface area contributed by atoms with Crippen molar-refractivity contribution in [2.45, 2.75) is 64.2 Å². The van der Waals surface area contributed by atoms with Crippen LogP contribution in [0.5, 0.6) is 0 Å². The lowest BCUT2D eigenvalue weighted by Gasteiger charge is -2.63. The van der Waals surface area contributed by atoms with Crippen LogP contribution in [0.2, 0.25) is 0 Å². The van der Waals surface area contributed by atoms with Crippen molar-refractivity contribution in [1.29, 1.82) is 0 Å². The van der Waals surface area contributed by atoms with Gasteiger partial charge in [-0.05, 0) is 123 Å².